The van der Waals surface area contributed by atoms with E-state index in [4.69, 9.17) is 4.52 Å². The van der Waals surface area contributed by atoms with Gasteiger partial charge in [0.15, 0.2) is 0 Å². The molecule has 3 aromatic rings. The first-order valence-electron chi connectivity index (χ1n) is 9.27. The molecule has 0 amide bonds. The van der Waals surface area contributed by atoms with Crippen molar-refractivity contribution in [2.75, 3.05) is 6.54 Å². The molecular weight excluding hydrogens is 374 g/mol. The van der Waals surface area contributed by atoms with Gasteiger partial charge in [-0.3, -0.25) is 0 Å². The highest BCUT2D eigenvalue weighted by molar-refractivity contribution is 7.92. The van der Waals surface area contributed by atoms with Crippen LogP contribution in [0.2, 0.25) is 0 Å². The summed E-state index contributed by atoms with van der Waals surface area (Å²) in [5.74, 6) is 0.814. The number of rotatable bonds is 5. The minimum atomic E-state index is -3.61. The van der Waals surface area contributed by atoms with Crippen molar-refractivity contribution in [3.8, 4) is 11.4 Å². The molecule has 1 aromatic heterocycles. The molecule has 2 aromatic carbocycles. The van der Waals surface area contributed by atoms with E-state index in [1.165, 1.54) is 9.71 Å². The zero-order chi connectivity index (χ0) is 19.4. The van der Waals surface area contributed by atoms with Gasteiger partial charge in [0.2, 0.25) is 21.7 Å². The monoisotopic (exact) mass is 395 g/mol. The number of benzene rings is 2. The Morgan fingerprint density at radius 3 is 2.46 bits per heavy atom. The normalized spacial score (nSPS) is 18.5. The van der Waals surface area contributed by atoms with E-state index < -0.39 is 16.1 Å². The van der Waals surface area contributed by atoms with Gasteiger partial charge in [0.05, 0.1) is 0 Å². The third-order valence-corrected chi connectivity index (χ3v) is 6.34. The van der Waals surface area contributed by atoms with Crippen molar-refractivity contribution in [3.05, 3.63) is 77.5 Å². The van der Waals surface area contributed by atoms with Gasteiger partial charge in [0, 0.05) is 17.5 Å². The van der Waals surface area contributed by atoms with Crippen LogP contribution in [0.5, 0.6) is 0 Å². The molecule has 1 fully saturated rings. The molecule has 28 heavy (non-hydrogen) atoms. The third-order valence-electron chi connectivity index (χ3n) is 4.77. The second-order valence-electron chi connectivity index (χ2n) is 6.70. The molecule has 0 aliphatic carbocycles. The van der Waals surface area contributed by atoms with Crippen molar-refractivity contribution >= 4 is 16.1 Å². The number of sulfonamides is 1. The molecule has 1 atom stereocenters. The van der Waals surface area contributed by atoms with Crippen molar-refractivity contribution in [2.45, 2.75) is 25.3 Å². The summed E-state index contributed by atoms with van der Waals surface area (Å²) in [6.07, 6.45) is 4.01. The summed E-state index contributed by atoms with van der Waals surface area (Å²) >= 11 is 0. The zero-order valence-electron chi connectivity index (χ0n) is 15.3. The lowest BCUT2D eigenvalue weighted by molar-refractivity contribution is 0.206. The van der Waals surface area contributed by atoms with Gasteiger partial charge >= 0.3 is 0 Å². The number of hydrogen-bond donors (Lipinski definition) is 0. The van der Waals surface area contributed by atoms with Crippen molar-refractivity contribution in [2.24, 2.45) is 0 Å². The van der Waals surface area contributed by atoms with Crippen LogP contribution in [0.1, 0.15) is 36.8 Å². The largest absolute Gasteiger partial charge is 0.337 e. The highest BCUT2D eigenvalue weighted by Crippen LogP contribution is 2.33. The minimum absolute atomic E-state index is 0.343. The van der Waals surface area contributed by atoms with Crippen LogP contribution in [0.15, 0.2) is 70.6 Å². The fraction of sp³-hybridized carbons (Fsp3) is 0.238. The van der Waals surface area contributed by atoms with E-state index >= 15 is 0 Å². The standard InChI is InChI=1S/C21H21N3O3S/c25-28(26,16-14-17-9-3-1-4-10-17)24-15-8-7-13-19(24)21-22-20(23-27-21)18-11-5-2-6-12-18/h1-6,9-12,14,16,19H,7-8,13,15H2/b16-14+. The summed E-state index contributed by atoms with van der Waals surface area (Å²) in [7, 11) is -3.61. The van der Waals surface area contributed by atoms with Crippen LogP contribution in [-0.2, 0) is 10.0 Å². The Balaban J connectivity index is 1.60. The van der Waals surface area contributed by atoms with Crippen molar-refractivity contribution in [1.29, 1.82) is 0 Å². The minimum Gasteiger partial charge on any atom is -0.337 e. The molecule has 4 rings (SSSR count). The van der Waals surface area contributed by atoms with Crippen molar-refractivity contribution < 1.29 is 12.9 Å². The van der Waals surface area contributed by atoms with E-state index in [2.05, 4.69) is 10.1 Å². The fourth-order valence-corrected chi connectivity index (χ4v) is 4.76. The Hall–Kier alpha value is -2.77. The van der Waals surface area contributed by atoms with Gasteiger partial charge in [-0.15, -0.1) is 0 Å². The molecule has 2 heterocycles. The maximum Gasteiger partial charge on any atom is 0.245 e. The average molecular weight is 395 g/mol. The molecule has 0 bridgehead atoms. The SMILES string of the molecule is O=S(=O)(/C=C/c1ccccc1)N1CCCCC1c1nc(-c2ccccc2)no1. The van der Waals surface area contributed by atoms with E-state index in [1.807, 2.05) is 60.7 Å². The molecule has 1 aliphatic heterocycles. The summed E-state index contributed by atoms with van der Waals surface area (Å²) in [6.45, 7) is 0.440. The van der Waals surface area contributed by atoms with E-state index in [1.54, 1.807) is 6.08 Å². The van der Waals surface area contributed by atoms with Crippen LogP contribution >= 0.6 is 0 Å². The topological polar surface area (TPSA) is 76.3 Å². The predicted molar refractivity (Wildman–Crippen MR) is 107 cm³/mol. The molecule has 6 nitrogen and oxygen atoms in total. The summed E-state index contributed by atoms with van der Waals surface area (Å²) in [5.41, 5.74) is 1.68. The van der Waals surface area contributed by atoms with E-state index in [-0.39, 0.29) is 0 Å². The van der Waals surface area contributed by atoms with Crippen molar-refractivity contribution in [3.63, 3.8) is 0 Å². The van der Waals surface area contributed by atoms with Gasteiger partial charge in [-0.05, 0) is 24.5 Å². The molecule has 144 valence electrons. The number of piperidine rings is 1. The molecule has 7 heteroatoms. The first-order chi connectivity index (χ1) is 13.6. The maximum atomic E-state index is 13.0. The van der Waals surface area contributed by atoms with Gasteiger partial charge in [0.1, 0.15) is 6.04 Å². The maximum absolute atomic E-state index is 13.0. The summed E-state index contributed by atoms with van der Waals surface area (Å²) in [4.78, 5) is 4.48. The lowest BCUT2D eigenvalue weighted by atomic mass is 10.1. The van der Waals surface area contributed by atoms with Crippen LogP contribution in [0.4, 0.5) is 0 Å². The van der Waals surface area contributed by atoms with E-state index in [0.717, 1.165) is 24.0 Å². The second kappa shape index (κ2) is 8.08. The predicted octanol–water partition coefficient (Wildman–Crippen LogP) is 4.26. The van der Waals surface area contributed by atoms with E-state index in [0.29, 0.717) is 24.7 Å². The van der Waals surface area contributed by atoms with Crippen LogP contribution in [0.3, 0.4) is 0 Å². The average Bonchev–Trinajstić information content (AvgIpc) is 3.24. The second-order valence-corrected chi connectivity index (χ2v) is 8.47. The number of hydrogen-bond acceptors (Lipinski definition) is 5. The Labute approximate surface area is 164 Å². The molecule has 0 radical (unpaired) electrons. The van der Waals surface area contributed by atoms with Gasteiger partial charge in [-0.2, -0.15) is 9.29 Å². The lowest BCUT2D eigenvalue weighted by Crippen LogP contribution is -2.37. The van der Waals surface area contributed by atoms with Gasteiger partial charge in [0.25, 0.3) is 0 Å². The first-order valence-corrected chi connectivity index (χ1v) is 10.8. The third kappa shape index (κ3) is 4.05. The lowest BCUT2D eigenvalue weighted by Gasteiger charge is -2.31. The highest BCUT2D eigenvalue weighted by Gasteiger charge is 2.35. The Kier molecular flexibility index (Phi) is 5.36. The van der Waals surface area contributed by atoms with Crippen LogP contribution in [-0.4, -0.2) is 29.4 Å². The van der Waals surface area contributed by atoms with Crippen LogP contribution < -0.4 is 0 Å². The quantitative estimate of drug-likeness (QED) is 0.645. The smallest absolute Gasteiger partial charge is 0.245 e. The molecule has 0 spiro atoms. The highest BCUT2D eigenvalue weighted by atomic mass is 32.2. The summed E-state index contributed by atoms with van der Waals surface area (Å²) in [6, 6.07) is 18.4. The van der Waals surface area contributed by atoms with Gasteiger partial charge < -0.3 is 4.52 Å². The van der Waals surface area contributed by atoms with Crippen LogP contribution in [0.25, 0.3) is 17.5 Å². The van der Waals surface area contributed by atoms with E-state index in [9.17, 15) is 8.42 Å². The number of aromatic nitrogens is 2. The fourth-order valence-electron chi connectivity index (χ4n) is 3.34. The van der Waals surface area contributed by atoms with Crippen molar-refractivity contribution in [1.82, 2.24) is 14.4 Å². The zero-order valence-corrected chi connectivity index (χ0v) is 16.1. The van der Waals surface area contributed by atoms with Gasteiger partial charge in [-0.1, -0.05) is 72.2 Å². The Morgan fingerprint density at radius 2 is 1.71 bits per heavy atom. The molecular formula is C21H21N3O3S. The Morgan fingerprint density at radius 1 is 1.00 bits per heavy atom. The number of nitrogens with zero attached hydrogens (tertiary/aromatic N) is 3. The first kappa shape index (κ1) is 18.6. The van der Waals surface area contributed by atoms with Crippen LogP contribution in [0, 0.1) is 0 Å². The molecule has 1 unspecified atom stereocenters. The molecule has 0 saturated carbocycles. The Bertz CT molecular complexity index is 1050. The van der Waals surface area contributed by atoms with Gasteiger partial charge in [-0.25, -0.2) is 8.42 Å². The summed E-state index contributed by atoms with van der Waals surface area (Å²) in [5, 5.41) is 5.31. The molecule has 0 N–H and O–H groups in total. The summed E-state index contributed by atoms with van der Waals surface area (Å²) < 4.78 is 32.9. The molecule has 1 aliphatic rings. The molecule has 1 saturated heterocycles.